The van der Waals surface area contributed by atoms with Crippen LogP contribution >= 0.6 is 0 Å². The number of aliphatic hydroxyl groups is 1. The van der Waals surface area contributed by atoms with Gasteiger partial charge < -0.3 is 5.11 Å². The summed E-state index contributed by atoms with van der Waals surface area (Å²) < 4.78 is 36.1. The lowest BCUT2D eigenvalue weighted by molar-refractivity contribution is -0.155. The molecule has 0 spiro atoms. The number of hydrogen-bond donors (Lipinski definition) is 1. The van der Waals surface area contributed by atoms with Gasteiger partial charge in [-0.25, -0.2) is 0 Å². The predicted octanol–water partition coefficient (Wildman–Crippen LogP) is 1.05. The number of rotatable bonds is 4. The van der Waals surface area contributed by atoms with Crippen LogP contribution < -0.4 is 0 Å². The maximum absolute atomic E-state index is 12.0. The van der Waals surface area contributed by atoms with E-state index in [1.165, 1.54) is 6.20 Å². The summed E-state index contributed by atoms with van der Waals surface area (Å²) in [6.45, 7) is -0.368. The summed E-state index contributed by atoms with van der Waals surface area (Å²) in [5, 5.41) is 20.4. The summed E-state index contributed by atoms with van der Waals surface area (Å²) in [7, 11) is 0. The number of aliphatic hydroxyl groups excluding tert-OH is 1. The van der Waals surface area contributed by atoms with E-state index in [0.29, 0.717) is 5.56 Å². The summed E-state index contributed by atoms with van der Waals surface area (Å²) in [6, 6.07) is 3.37. The van der Waals surface area contributed by atoms with E-state index in [2.05, 4.69) is 20.4 Å². The number of nitrogens with zero attached hydrogens (tertiary/aromatic N) is 5. The zero-order valence-electron chi connectivity index (χ0n) is 9.62. The van der Waals surface area contributed by atoms with E-state index in [-0.39, 0.29) is 12.4 Å². The first kappa shape index (κ1) is 13.4. The van der Waals surface area contributed by atoms with E-state index in [9.17, 15) is 18.3 Å². The van der Waals surface area contributed by atoms with Gasteiger partial charge in [0.1, 0.15) is 0 Å². The third kappa shape index (κ3) is 3.98. The van der Waals surface area contributed by atoms with Crippen molar-refractivity contribution in [3.05, 3.63) is 24.5 Å². The first-order chi connectivity index (χ1) is 8.94. The number of hydrogen-bond acceptors (Lipinski definition) is 5. The second-order valence-electron chi connectivity index (χ2n) is 3.88. The van der Waals surface area contributed by atoms with E-state index in [0.717, 1.165) is 4.80 Å². The van der Waals surface area contributed by atoms with E-state index in [1.54, 1.807) is 18.3 Å². The van der Waals surface area contributed by atoms with Gasteiger partial charge in [0.2, 0.25) is 5.82 Å². The topological polar surface area (TPSA) is 76.7 Å². The van der Waals surface area contributed by atoms with Crippen LogP contribution in [0.2, 0.25) is 0 Å². The molecule has 2 heterocycles. The Morgan fingerprint density at radius 1 is 1.37 bits per heavy atom. The zero-order chi connectivity index (χ0) is 13.9. The monoisotopic (exact) mass is 273 g/mol. The van der Waals surface area contributed by atoms with Gasteiger partial charge in [0, 0.05) is 18.0 Å². The molecule has 0 amide bonds. The molecule has 6 nitrogen and oxygen atoms in total. The maximum Gasteiger partial charge on any atom is 0.391 e. The van der Waals surface area contributed by atoms with Crippen molar-refractivity contribution >= 4 is 0 Å². The fraction of sp³-hybridized carbons (Fsp3) is 0.400. The van der Waals surface area contributed by atoms with Crippen molar-refractivity contribution in [1.29, 1.82) is 0 Å². The first-order valence-electron chi connectivity index (χ1n) is 5.37. The summed E-state index contributed by atoms with van der Waals surface area (Å²) in [5.41, 5.74) is 0.596. The third-order valence-corrected chi connectivity index (χ3v) is 2.21. The molecular weight excluding hydrogens is 263 g/mol. The highest BCUT2D eigenvalue weighted by Crippen LogP contribution is 2.22. The molecule has 2 aromatic heterocycles. The minimum absolute atomic E-state index is 0.243. The van der Waals surface area contributed by atoms with Crippen molar-refractivity contribution in [2.24, 2.45) is 0 Å². The second kappa shape index (κ2) is 5.31. The van der Waals surface area contributed by atoms with Gasteiger partial charge in [0.25, 0.3) is 0 Å². The Morgan fingerprint density at radius 3 is 2.79 bits per heavy atom. The largest absolute Gasteiger partial charge is 0.391 e. The lowest BCUT2D eigenvalue weighted by atomic mass is 10.2. The Labute approximate surface area is 105 Å². The molecule has 0 aliphatic carbocycles. The van der Waals surface area contributed by atoms with Crippen molar-refractivity contribution < 1.29 is 18.3 Å². The minimum Gasteiger partial charge on any atom is -0.391 e. The van der Waals surface area contributed by atoms with Gasteiger partial charge in [0.05, 0.1) is 19.1 Å². The van der Waals surface area contributed by atoms with Gasteiger partial charge in [-0.05, 0) is 17.3 Å². The molecule has 0 saturated carbocycles. The molecule has 0 bridgehead atoms. The van der Waals surface area contributed by atoms with E-state index in [1.807, 2.05) is 0 Å². The van der Waals surface area contributed by atoms with Crippen molar-refractivity contribution in [3.8, 4) is 11.4 Å². The van der Waals surface area contributed by atoms with Crippen molar-refractivity contribution in [1.82, 2.24) is 25.2 Å². The Hall–Kier alpha value is -2.03. The van der Waals surface area contributed by atoms with Crippen LogP contribution in [0, 0.1) is 0 Å². The normalized spacial score (nSPS) is 13.5. The number of aromatic nitrogens is 5. The van der Waals surface area contributed by atoms with Gasteiger partial charge in [-0.2, -0.15) is 18.0 Å². The molecule has 9 heteroatoms. The fourth-order valence-corrected chi connectivity index (χ4v) is 1.45. The van der Waals surface area contributed by atoms with Gasteiger partial charge in [-0.3, -0.25) is 4.98 Å². The number of pyridine rings is 1. The third-order valence-electron chi connectivity index (χ3n) is 2.21. The summed E-state index contributed by atoms with van der Waals surface area (Å²) in [4.78, 5) is 4.79. The Bertz CT molecular complexity index is 527. The molecule has 19 heavy (non-hydrogen) atoms. The Kier molecular flexibility index (Phi) is 3.74. The molecule has 0 radical (unpaired) electrons. The van der Waals surface area contributed by atoms with Gasteiger partial charge in [-0.1, -0.05) is 0 Å². The van der Waals surface area contributed by atoms with Crippen molar-refractivity contribution in [2.75, 3.05) is 0 Å². The van der Waals surface area contributed by atoms with Crippen LogP contribution in [-0.2, 0) is 6.54 Å². The summed E-state index contributed by atoms with van der Waals surface area (Å²) in [5.74, 6) is 0.243. The standard InChI is InChI=1S/C10H10F3N5O/c11-10(12,13)4-8(19)6-18-16-9(15-17-18)7-2-1-3-14-5-7/h1-3,5,8,19H,4,6H2/t8-/m0/s1. The maximum atomic E-state index is 12.0. The van der Waals surface area contributed by atoms with Crippen LogP contribution in [0.5, 0.6) is 0 Å². The van der Waals surface area contributed by atoms with Crippen LogP contribution in [-0.4, -0.2) is 42.6 Å². The van der Waals surface area contributed by atoms with Crippen LogP contribution in [0.15, 0.2) is 24.5 Å². The molecule has 1 N–H and O–H groups in total. The highest BCUT2D eigenvalue weighted by Gasteiger charge is 2.31. The highest BCUT2D eigenvalue weighted by molar-refractivity contribution is 5.51. The molecule has 0 aromatic carbocycles. The molecule has 2 rings (SSSR count). The zero-order valence-corrected chi connectivity index (χ0v) is 9.62. The summed E-state index contributed by atoms with van der Waals surface area (Å²) >= 11 is 0. The first-order valence-corrected chi connectivity index (χ1v) is 5.37. The highest BCUT2D eigenvalue weighted by atomic mass is 19.4. The second-order valence-corrected chi connectivity index (χ2v) is 3.88. The number of alkyl halides is 3. The van der Waals surface area contributed by atoms with Crippen molar-refractivity contribution in [2.45, 2.75) is 25.2 Å². The molecular formula is C10H10F3N5O. The quantitative estimate of drug-likeness (QED) is 0.901. The molecule has 102 valence electrons. The lowest BCUT2D eigenvalue weighted by Crippen LogP contribution is -2.25. The molecule has 0 aliphatic rings. The lowest BCUT2D eigenvalue weighted by Gasteiger charge is -2.11. The minimum atomic E-state index is -4.42. The Balaban J connectivity index is 2.02. The van der Waals surface area contributed by atoms with Crippen LogP contribution in [0.3, 0.4) is 0 Å². The Morgan fingerprint density at radius 2 is 2.16 bits per heavy atom. The van der Waals surface area contributed by atoms with Crippen molar-refractivity contribution in [3.63, 3.8) is 0 Å². The van der Waals surface area contributed by atoms with E-state index < -0.39 is 18.7 Å². The van der Waals surface area contributed by atoms with Crippen LogP contribution in [0.25, 0.3) is 11.4 Å². The van der Waals surface area contributed by atoms with Gasteiger partial charge in [-0.15, -0.1) is 10.2 Å². The molecule has 0 fully saturated rings. The van der Waals surface area contributed by atoms with E-state index in [4.69, 9.17) is 0 Å². The SMILES string of the molecule is O[C@H](Cn1nnc(-c2cccnc2)n1)CC(F)(F)F. The van der Waals surface area contributed by atoms with Gasteiger partial charge >= 0.3 is 6.18 Å². The summed E-state index contributed by atoms with van der Waals surface area (Å²) in [6.07, 6.45) is -4.26. The van der Waals surface area contributed by atoms with Gasteiger partial charge in [0.15, 0.2) is 0 Å². The smallest absolute Gasteiger partial charge is 0.391 e. The average molecular weight is 273 g/mol. The molecule has 1 atom stereocenters. The fourth-order valence-electron chi connectivity index (χ4n) is 1.45. The molecule has 0 saturated heterocycles. The molecule has 0 unspecified atom stereocenters. The predicted molar refractivity (Wildman–Crippen MR) is 57.7 cm³/mol. The van der Waals surface area contributed by atoms with Crippen LogP contribution in [0.4, 0.5) is 13.2 Å². The van der Waals surface area contributed by atoms with Crippen LogP contribution in [0.1, 0.15) is 6.42 Å². The molecule has 0 aliphatic heterocycles. The number of tetrazole rings is 1. The molecule has 2 aromatic rings. The number of halogens is 3. The average Bonchev–Trinajstić information content (AvgIpc) is 2.76. The van der Waals surface area contributed by atoms with E-state index >= 15 is 0 Å².